The molecular formula is C14H23N3S. The molecule has 2 heterocycles. The van der Waals surface area contributed by atoms with E-state index in [4.69, 9.17) is 0 Å². The topological polar surface area (TPSA) is 28.2 Å². The van der Waals surface area contributed by atoms with Crippen molar-refractivity contribution in [3.05, 3.63) is 23.9 Å². The van der Waals surface area contributed by atoms with Crippen LogP contribution in [-0.2, 0) is 6.54 Å². The van der Waals surface area contributed by atoms with E-state index < -0.39 is 0 Å². The molecule has 0 spiro atoms. The van der Waals surface area contributed by atoms with E-state index in [2.05, 4.69) is 59.0 Å². The molecule has 0 aliphatic carbocycles. The van der Waals surface area contributed by atoms with Gasteiger partial charge in [-0.3, -0.25) is 4.90 Å². The van der Waals surface area contributed by atoms with Crippen molar-refractivity contribution in [3.63, 3.8) is 0 Å². The van der Waals surface area contributed by atoms with Crippen molar-refractivity contribution in [2.24, 2.45) is 0 Å². The normalized spacial score (nSPS) is 20.9. The Morgan fingerprint density at radius 1 is 1.50 bits per heavy atom. The van der Waals surface area contributed by atoms with Gasteiger partial charge in [0.1, 0.15) is 5.82 Å². The zero-order chi connectivity index (χ0) is 12.8. The van der Waals surface area contributed by atoms with Crippen LogP contribution in [0.25, 0.3) is 0 Å². The maximum absolute atomic E-state index is 4.68. The summed E-state index contributed by atoms with van der Waals surface area (Å²) in [7, 11) is 0. The standard InChI is InChI=1S/C14H23N3S/c1-3-7-15-14-6-4-5-13(16-14)10-17-8-9-18-11-12(17)2/h4-6,12H,3,7-11H2,1-2H3,(H,15,16). The number of pyridine rings is 1. The molecule has 1 aromatic rings. The van der Waals surface area contributed by atoms with Gasteiger partial charge in [0.05, 0.1) is 5.69 Å². The van der Waals surface area contributed by atoms with E-state index in [0.717, 1.165) is 25.3 Å². The lowest BCUT2D eigenvalue weighted by Gasteiger charge is -2.32. The third-order valence-corrected chi connectivity index (χ3v) is 4.42. The van der Waals surface area contributed by atoms with Crippen molar-refractivity contribution in [2.75, 3.05) is 29.9 Å². The molecule has 1 aliphatic rings. The number of hydrogen-bond acceptors (Lipinski definition) is 4. The Labute approximate surface area is 114 Å². The van der Waals surface area contributed by atoms with Gasteiger partial charge in [-0.25, -0.2) is 4.98 Å². The minimum absolute atomic E-state index is 0.665. The summed E-state index contributed by atoms with van der Waals surface area (Å²) >= 11 is 2.06. The molecule has 0 bridgehead atoms. The third-order valence-electron chi connectivity index (χ3n) is 3.23. The van der Waals surface area contributed by atoms with E-state index in [-0.39, 0.29) is 0 Å². The lowest BCUT2D eigenvalue weighted by molar-refractivity contribution is 0.221. The molecular weight excluding hydrogens is 242 g/mol. The Balaban J connectivity index is 1.95. The van der Waals surface area contributed by atoms with Crippen molar-refractivity contribution < 1.29 is 0 Å². The average Bonchev–Trinajstić information content (AvgIpc) is 2.40. The molecule has 1 unspecified atom stereocenters. The number of aromatic nitrogens is 1. The number of rotatable bonds is 5. The fourth-order valence-corrected chi connectivity index (χ4v) is 3.21. The van der Waals surface area contributed by atoms with Gasteiger partial charge in [-0.15, -0.1) is 0 Å². The Morgan fingerprint density at radius 3 is 3.17 bits per heavy atom. The maximum Gasteiger partial charge on any atom is 0.126 e. The van der Waals surface area contributed by atoms with Gasteiger partial charge >= 0.3 is 0 Å². The van der Waals surface area contributed by atoms with Crippen LogP contribution in [-0.4, -0.2) is 40.5 Å². The predicted octanol–water partition coefficient (Wildman–Crippen LogP) is 2.84. The molecule has 0 saturated carbocycles. The smallest absolute Gasteiger partial charge is 0.126 e. The molecule has 1 aliphatic heterocycles. The van der Waals surface area contributed by atoms with E-state index in [9.17, 15) is 0 Å². The molecule has 0 radical (unpaired) electrons. The molecule has 18 heavy (non-hydrogen) atoms. The van der Waals surface area contributed by atoms with Crippen molar-refractivity contribution in [1.82, 2.24) is 9.88 Å². The summed E-state index contributed by atoms with van der Waals surface area (Å²) in [5.74, 6) is 3.50. The molecule has 1 aromatic heterocycles. The molecule has 1 saturated heterocycles. The Kier molecular flexibility index (Phi) is 5.32. The highest BCUT2D eigenvalue weighted by molar-refractivity contribution is 7.99. The minimum atomic E-state index is 0.665. The van der Waals surface area contributed by atoms with Crippen molar-refractivity contribution in [3.8, 4) is 0 Å². The van der Waals surface area contributed by atoms with Crippen LogP contribution in [0.4, 0.5) is 5.82 Å². The third kappa shape index (κ3) is 3.89. The van der Waals surface area contributed by atoms with E-state index in [1.54, 1.807) is 0 Å². The zero-order valence-corrected chi connectivity index (χ0v) is 12.2. The monoisotopic (exact) mass is 265 g/mol. The zero-order valence-electron chi connectivity index (χ0n) is 11.4. The lowest BCUT2D eigenvalue weighted by atomic mass is 10.2. The Hall–Kier alpha value is -0.740. The van der Waals surface area contributed by atoms with Gasteiger partial charge in [0.25, 0.3) is 0 Å². The van der Waals surface area contributed by atoms with Crippen molar-refractivity contribution in [1.29, 1.82) is 0 Å². The Morgan fingerprint density at radius 2 is 2.39 bits per heavy atom. The molecule has 2 rings (SSSR count). The molecule has 1 atom stereocenters. The fourth-order valence-electron chi connectivity index (χ4n) is 2.12. The number of anilines is 1. The first-order valence-corrected chi connectivity index (χ1v) is 7.96. The van der Waals surface area contributed by atoms with E-state index in [1.165, 1.54) is 23.7 Å². The maximum atomic E-state index is 4.68. The van der Waals surface area contributed by atoms with Crippen molar-refractivity contribution >= 4 is 17.6 Å². The SMILES string of the molecule is CCCNc1cccc(CN2CCSCC2C)n1. The Bertz CT molecular complexity index is 370. The van der Waals surface area contributed by atoms with Gasteiger partial charge in [-0.2, -0.15) is 11.8 Å². The predicted molar refractivity (Wildman–Crippen MR) is 80.2 cm³/mol. The average molecular weight is 265 g/mol. The second kappa shape index (κ2) is 7.00. The molecule has 3 nitrogen and oxygen atoms in total. The largest absolute Gasteiger partial charge is 0.370 e. The number of nitrogens with zero attached hydrogens (tertiary/aromatic N) is 2. The molecule has 1 N–H and O–H groups in total. The summed E-state index contributed by atoms with van der Waals surface area (Å²) in [4.78, 5) is 7.21. The summed E-state index contributed by atoms with van der Waals surface area (Å²) in [6, 6.07) is 6.95. The molecule has 0 amide bonds. The van der Waals surface area contributed by atoms with E-state index in [1.807, 2.05) is 0 Å². The summed E-state index contributed by atoms with van der Waals surface area (Å²) in [5, 5.41) is 3.35. The van der Waals surface area contributed by atoms with E-state index in [0.29, 0.717) is 6.04 Å². The van der Waals surface area contributed by atoms with Crippen LogP contribution in [0.5, 0.6) is 0 Å². The highest BCUT2D eigenvalue weighted by Crippen LogP contribution is 2.18. The number of thioether (sulfide) groups is 1. The molecule has 1 fully saturated rings. The summed E-state index contributed by atoms with van der Waals surface area (Å²) in [6.07, 6.45) is 1.13. The first-order chi connectivity index (χ1) is 8.79. The summed E-state index contributed by atoms with van der Waals surface area (Å²) in [5.41, 5.74) is 1.18. The van der Waals surface area contributed by atoms with Gasteiger partial charge in [-0.05, 0) is 25.5 Å². The highest BCUT2D eigenvalue weighted by Gasteiger charge is 2.18. The molecule has 4 heteroatoms. The molecule has 100 valence electrons. The summed E-state index contributed by atoms with van der Waals surface area (Å²) in [6.45, 7) is 7.63. The van der Waals surface area contributed by atoms with Gasteiger partial charge in [0.15, 0.2) is 0 Å². The second-order valence-corrected chi connectivity index (χ2v) is 5.99. The quantitative estimate of drug-likeness (QED) is 0.886. The lowest BCUT2D eigenvalue weighted by Crippen LogP contribution is -2.39. The van der Waals surface area contributed by atoms with Crippen LogP contribution >= 0.6 is 11.8 Å². The second-order valence-electron chi connectivity index (χ2n) is 4.84. The summed E-state index contributed by atoms with van der Waals surface area (Å²) < 4.78 is 0. The minimum Gasteiger partial charge on any atom is -0.370 e. The first kappa shape index (κ1) is 13.7. The van der Waals surface area contributed by atoms with Gasteiger partial charge in [-0.1, -0.05) is 13.0 Å². The number of hydrogen-bond donors (Lipinski definition) is 1. The number of nitrogens with one attached hydrogen (secondary N) is 1. The molecule has 0 aromatic carbocycles. The van der Waals surface area contributed by atoms with Gasteiger partial charge < -0.3 is 5.32 Å². The highest BCUT2D eigenvalue weighted by atomic mass is 32.2. The van der Waals surface area contributed by atoms with Crippen LogP contribution in [0, 0.1) is 0 Å². The van der Waals surface area contributed by atoms with Gasteiger partial charge in [0.2, 0.25) is 0 Å². The van der Waals surface area contributed by atoms with Crippen LogP contribution < -0.4 is 5.32 Å². The van der Waals surface area contributed by atoms with Crippen molar-refractivity contribution in [2.45, 2.75) is 32.9 Å². The van der Waals surface area contributed by atoms with Crippen LogP contribution in [0.1, 0.15) is 26.0 Å². The van der Waals surface area contributed by atoms with Crippen LogP contribution in [0.15, 0.2) is 18.2 Å². The first-order valence-electron chi connectivity index (χ1n) is 6.81. The fraction of sp³-hybridized carbons (Fsp3) is 0.643. The van der Waals surface area contributed by atoms with Crippen LogP contribution in [0.2, 0.25) is 0 Å². The van der Waals surface area contributed by atoms with E-state index >= 15 is 0 Å². The van der Waals surface area contributed by atoms with Crippen LogP contribution in [0.3, 0.4) is 0 Å². The van der Waals surface area contributed by atoms with Gasteiger partial charge in [0, 0.05) is 37.2 Å².